The molecule has 2 amide bonds. The molecule has 0 saturated carbocycles. The van der Waals surface area contributed by atoms with Gasteiger partial charge in [-0.2, -0.15) is 0 Å². The fourth-order valence-corrected chi connectivity index (χ4v) is 5.52. The number of aliphatic hydroxyl groups is 1. The number of aliphatic hydroxyl groups excluding tert-OH is 1. The number of thiazole rings is 1. The number of aryl methyl sites for hydroxylation is 1. The summed E-state index contributed by atoms with van der Waals surface area (Å²) in [5, 5.41) is 13.5. The lowest BCUT2D eigenvalue weighted by molar-refractivity contribution is 0.0741. The molecular weight excluding hydrogens is 438 g/mol. The topological polar surface area (TPSA) is 98.7 Å². The molecule has 2 aromatic heterocycles. The molecule has 2 atom stereocenters. The van der Waals surface area contributed by atoms with Gasteiger partial charge in [0, 0.05) is 43.0 Å². The van der Waals surface area contributed by atoms with Crippen molar-refractivity contribution in [3.8, 4) is 10.4 Å². The van der Waals surface area contributed by atoms with Gasteiger partial charge in [-0.25, -0.2) is 9.97 Å². The minimum atomic E-state index is -0.505. The highest BCUT2D eigenvalue weighted by Gasteiger charge is 2.34. The van der Waals surface area contributed by atoms with Crippen molar-refractivity contribution in [3.63, 3.8) is 0 Å². The minimum absolute atomic E-state index is 0.127. The maximum absolute atomic E-state index is 13.5. The first kappa shape index (κ1) is 23.6. The van der Waals surface area contributed by atoms with Crippen LogP contribution in [0.2, 0.25) is 0 Å². The van der Waals surface area contributed by atoms with Gasteiger partial charge in [0.25, 0.3) is 11.8 Å². The maximum atomic E-state index is 13.5. The van der Waals surface area contributed by atoms with Crippen molar-refractivity contribution in [2.45, 2.75) is 71.6 Å². The summed E-state index contributed by atoms with van der Waals surface area (Å²) >= 11 is 1.24. The molecule has 9 heteroatoms. The van der Waals surface area contributed by atoms with E-state index in [1.54, 1.807) is 11.1 Å². The van der Waals surface area contributed by atoms with Crippen LogP contribution >= 0.6 is 11.3 Å². The number of rotatable bonds is 4. The number of carbonyl (C=O) groups excluding carboxylic acids is 2. The molecular formula is C24H33N5O3S. The molecule has 0 unspecified atom stereocenters. The Kier molecular flexibility index (Phi) is 6.46. The smallest absolute Gasteiger partial charge is 0.282 e. The SMILES string of the molecule is Cc1cc(NC(C)(C)C)ncc1-c1sc(C(=O)N2CC[C@@H](O)C2)nc1C(=O)N1CCC[C@@H]1C. The lowest BCUT2D eigenvalue weighted by Crippen LogP contribution is -2.34. The van der Waals surface area contributed by atoms with Gasteiger partial charge in [0.05, 0.1) is 11.0 Å². The molecule has 0 aromatic carbocycles. The number of anilines is 1. The zero-order valence-electron chi connectivity index (χ0n) is 20.0. The predicted molar refractivity (Wildman–Crippen MR) is 130 cm³/mol. The second kappa shape index (κ2) is 9.02. The van der Waals surface area contributed by atoms with E-state index in [1.807, 2.05) is 24.8 Å². The van der Waals surface area contributed by atoms with E-state index >= 15 is 0 Å². The van der Waals surface area contributed by atoms with Crippen molar-refractivity contribution >= 4 is 29.0 Å². The van der Waals surface area contributed by atoms with Gasteiger partial charge in [0.15, 0.2) is 5.01 Å². The molecule has 2 fully saturated rings. The van der Waals surface area contributed by atoms with Gasteiger partial charge in [-0.1, -0.05) is 0 Å². The molecule has 4 rings (SSSR count). The summed E-state index contributed by atoms with van der Waals surface area (Å²) < 4.78 is 0. The standard InChI is InChI=1S/C24H33N5O3S/c1-14-11-18(27-24(3,4)5)25-12-17(14)20-19(22(31)29-9-6-7-15(29)2)26-21(33-20)23(32)28-10-8-16(30)13-28/h11-12,15-16,30H,6-10,13H2,1-5H3,(H,25,27)/t15-,16+/m0/s1. The molecule has 0 aliphatic carbocycles. The third-order valence-electron chi connectivity index (χ3n) is 6.14. The molecule has 2 saturated heterocycles. The molecule has 178 valence electrons. The number of carbonyl (C=O) groups is 2. The van der Waals surface area contributed by atoms with Crippen LogP contribution in [0.15, 0.2) is 12.3 Å². The average Bonchev–Trinajstić information content (AvgIpc) is 3.45. The Morgan fingerprint density at radius 2 is 1.97 bits per heavy atom. The lowest BCUT2D eigenvalue weighted by Gasteiger charge is -2.22. The molecule has 2 aliphatic heterocycles. The highest BCUT2D eigenvalue weighted by Crippen LogP contribution is 2.36. The molecule has 33 heavy (non-hydrogen) atoms. The Hall–Kier alpha value is -2.52. The van der Waals surface area contributed by atoms with Gasteiger partial charge in [-0.05, 0) is 65.5 Å². The van der Waals surface area contributed by atoms with Gasteiger partial charge in [-0.15, -0.1) is 11.3 Å². The lowest BCUT2D eigenvalue weighted by atomic mass is 10.1. The normalized spacial score (nSPS) is 21.0. The highest BCUT2D eigenvalue weighted by molar-refractivity contribution is 7.17. The van der Waals surface area contributed by atoms with Crippen LogP contribution in [0.1, 0.15) is 72.8 Å². The van der Waals surface area contributed by atoms with E-state index in [1.165, 1.54) is 11.3 Å². The summed E-state index contributed by atoms with van der Waals surface area (Å²) in [6.07, 6.45) is 3.75. The maximum Gasteiger partial charge on any atom is 0.282 e. The largest absolute Gasteiger partial charge is 0.391 e. The quantitative estimate of drug-likeness (QED) is 0.708. The van der Waals surface area contributed by atoms with E-state index < -0.39 is 6.10 Å². The molecule has 2 aromatic rings. The fourth-order valence-electron chi connectivity index (χ4n) is 4.42. The Balaban J connectivity index is 1.73. The van der Waals surface area contributed by atoms with E-state index in [0.29, 0.717) is 36.6 Å². The Labute approximate surface area is 199 Å². The van der Waals surface area contributed by atoms with Gasteiger partial charge in [-0.3, -0.25) is 9.59 Å². The predicted octanol–water partition coefficient (Wildman–Crippen LogP) is 3.56. The molecule has 0 spiro atoms. The summed E-state index contributed by atoms with van der Waals surface area (Å²) in [7, 11) is 0. The second-order valence-electron chi connectivity index (χ2n) is 10.1. The number of nitrogens with one attached hydrogen (secondary N) is 1. The second-order valence-corrected chi connectivity index (χ2v) is 11.1. The van der Waals surface area contributed by atoms with Crippen LogP contribution in [0.25, 0.3) is 10.4 Å². The number of pyridine rings is 1. The first-order valence-electron chi connectivity index (χ1n) is 11.6. The van der Waals surface area contributed by atoms with Crippen molar-refractivity contribution in [2.75, 3.05) is 25.0 Å². The molecule has 2 aliphatic rings. The van der Waals surface area contributed by atoms with Crippen LogP contribution < -0.4 is 5.32 Å². The number of likely N-dealkylation sites (tertiary alicyclic amines) is 2. The number of β-amino-alcohol motifs (C(OH)–C–C–N with tert-alkyl or cyclic N) is 1. The van der Waals surface area contributed by atoms with Gasteiger partial charge < -0.3 is 20.2 Å². The van der Waals surface area contributed by atoms with E-state index in [2.05, 4.69) is 36.1 Å². The zero-order valence-corrected chi connectivity index (χ0v) is 20.8. The van der Waals surface area contributed by atoms with E-state index in [9.17, 15) is 14.7 Å². The highest BCUT2D eigenvalue weighted by atomic mass is 32.1. The van der Waals surface area contributed by atoms with Crippen LogP contribution in [-0.2, 0) is 0 Å². The third kappa shape index (κ3) is 5.04. The van der Waals surface area contributed by atoms with Crippen molar-refractivity contribution in [1.29, 1.82) is 0 Å². The van der Waals surface area contributed by atoms with Crippen molar-refractivity contribution in [1.82, 2.24) is 19.8 Å². The summed E-state index contributed by atoms with van der Waals surface area (Å²) in [4.78, 5) is 39.9. The minimum Gasteiger partial charge on any atom is -0.391 e. The first-order valence-corrected chi connectivity index (χ1v) is 12.4. The molecule has 0 radical (unpaired) electrons. The number of aromatic nitrogens is 2. The Morgan fingerprint density at radius 1 is 1.21 bits per heavy atom. The van der Waals surface area contributed by atoms with Crippen LogP contribution in [0.3, 0.4) is 0 Å². The number of amides is 2. The molecule has 4 heterocycles. The molecule has 2 N–H and O–H groups in total. The number of hydrogen-bond donors (Lipinski definition) is 2. The first-order chi connectivity index (χ1) is 15.5. The zero-order chi connectivity index (χ0) is 23.9. The molecule has 0 bridgehead atoms. The number of nitrogens with zero attached hydrogens (tertiary/aromatic N) is 4. The summed E-state index contributed by atoms with van der Waals surface area (Å²) in [5.74, 6) is 0.391. The van der Waals surface area contributed by atoms with Crippen LogP contribution in [0.5, 0.6) is 0 Å². The van der Waals surface area contributed by atoms with E-state index in [-0.39, 0.29) is 28.4 Å². The monoisotopic (exact) mass is 471 g/mol. The van der Waals surface area contributed by atoms with Crippen LogP contribution in [-0.4, -0.2) is 74.0 Å². The third-order valence-corrected chi connectivity index (χ3v) is 7.21. The number of hydrogen-bond acceptors (Lipinski definition) is 7. The van der Waals surface area contributed by atoms with Gasteiger partial charge in [0.1, 0.15) is 11.5 Å². The van der Waals surface area contributed by atoms with E-state index in [4.69, 9.17) is 0 Å². The Morgan fingerprint density at radius 3 is 2.55 bits per heavy atom. The van der Waals surface area contributed by atoms with Crippen LogP contribution in [0.4, 0.5) is 5.82 Å². The average molecular weight is 472 g/mol. The summed E-state index contributed by atoms with van der Waals surface area (Å²) in [6, 6.07) is 2.11. The molecule has 8 nitrogen and oxygen atoms in total. The Bertz CT molecular complexity index is 1060. The fraction of sp³-hybridized carbons (Fsp3) is 0.583. The van der Waals surface area contributed by atoms with Gasteiger partial charge in [0.2, 0.25) is 0 Å². The van der Waals surface area contributed by atoms with Gasteiger partial charge >= 0.3 is 0 Å². The summed E-state index contributed by atoms with van der Waals surface area (Å²) in [5.41, 5.74) is 1.96. The summed E-state index contributed by atoms with van der Waals surface area (Å²) in [6.45, 7) is 11.7. The van der Waals surface area contributed by atoms with Crippen molar-refractivity contribution in [3.05, 3.63) is 28.5 Å². The van der Waals surface area contributed by atoms with Crippen LogP contribution in [0, 0.1) is 6.92 Å². The van der Waals surface area contributed by atoms with Crippen molar-refractivity contribution in [2.24, 2.45) is 0 Å². The van der Waals surface area contributed by atoms with E-state index in [0.717, 1.165) is 29.8 Å². The van der Waals surface area contributed by atoms with Crippen molar-refractivity contribution < 1.29 is 14.7 Å².